The molecule has 2 fully saturated rings. The summed E-state index contributed by atoms with van der Waals surface area (Å²) in [7, 11) is -1.46. The first kappa shape index (κ1) is 19.3. The Labute approximate surface area is 156 Å². The van der Waals surface area contributed by atoms with Crippen molar-refractivity contribution >= 4 is 15.9 Å². The van der Waals surface area contributed by atoms with Crippen molar-refractivity contribution in [3.8, 4) is 0 Å². The van der Waals surface area contributed by atoms with Crippen LogP contribution in [-0.4, -0.2) is 62.8 Å². The van der Waals surface area contributed by atoms with Crippen LogP contribution in [-0.2, 0) is 10.0 Å². The highest BCUT2D eigenvalue weighted by molar-refractivity contribution is 7.89. The molecule has 2 aliphatic rings. The Morgan fingerprint density at radius 1 is 1.08 bits per heavy atom. The van der Waals surface area contributed by atoms with E-state index in [4.69, 9.17) is 0 Å². The first-order valence-corrected chi connectivity index (χ1v) is 10.9. The molecule has 0 spiro atoms. The van der Waals surface area contributed by atoms with Gasteiger partial charge in [0.05, 0.1) is 4.90 Å². The van der Waals surface area contributed by atoms with Crippen LogP contribution in [0.15, 0.2) is 23.1 Å². The van der Waals surface area contributed by atoms with Gasteiger partial charge in [-0.05, 0) is 70.4 Å². The van der Waals surface area contributed by atoms with Crippen molar-refractivity contribution < 1.29 is 13.2 Å². The zero-order valence-corrected chi connectivity index (χ0v) is 16.5. The largest absolute Gasteiger partial charge is 0.349 e. The number of carbonyl (C=O) groups is 1. The Kier molecular flexibility index (Phi) is 5.99. The number of benzene rings is 1. The summed E-state index contributed by atoms with van der Waals surface area (Å²) in [6, 6.07) is 5.15. The lowest BCUT2D eigenvalue weighted by Crippen LogP contribution is -2.43. The zero-order valence-electron chi connectivity index (χ0n) is 15.7. The van der Waals surface area contributed by atoms with E-state index in [2.05, 4.69) is 17.3 Å². The molecular formula is C19H29N3O3S. The van der Waals surface area contributed by atoms with Crippen molar-refractivity contribution in [3.05, 3.63) is 29.3 Å². The van der Waals surface area contributed by atoms with Crippen LogP contribution in [0.5, 0.6) is 0 Å². The maximum absolute atomic E-state index is 13.0. The molecule has 1 amide bonds. The number of nitrogens with zero attached hydrogens (tertiary/aromatic N) is 2. The summed E-state index contributed by atoms with van der Waals surface area (Å²) in [6.45, 7) is 4.85. The minimum absolute atomic E-state index is 0.155. The van der Waals surface area contributed by atoms with Crippen molar-refractivity contribution in [3.63, 3.8) is 0 Å². The number of carbonyl (C=O) groups excluding carboxylic acids is 1. The number of likely N-dealkylation sites (tertiary alicyclic amines) is 1. The summed E-state index contributed by atoms with van der Waals surface area (Å²) < 4.78 is 27.5. The molecule has 0 aromatic heterocycles. The highest BCUT2D eigenvalue weighted by Gasteiger charge is 2.28. The molecule has 3 rings (SSSR count). The van der Waals surface area contributed by atoms with Crippen LogP contribution >= 0.6 is 0 Å². The highest BCUT2D eigenvalue weighted by Crippen LogP contribution is 2.24. The summed E-state index contributed by atoms with van der Waals surface area (Å²) in [5.74, 6) is -0.186. The molecule has 26 heavy (non-hydrogen) atoms. The Bertz CT molecular complexity index is 749. The zero-order chi connectivity index (χ0) is 18.7. The third-order valence-corrected chi connectivity index (χ3v) is 7.48. The van der Waals surface area contributed by atoms with E-state index in [1.807, 2.05) is 0 Å². The standard InChI is InChI=1S/C19H29N3O3S/c1-15-6-7-16(19(23)20-17-8-12-21(2)13-9-17)14-18(15)26(24,25)22-10-4-3-5-11-22/h6-7,14,17H,3-5,8-13H2,1-2H3,(H,20,23). The molecule has 6 nitrogen and oxygen atoms in total. The smallest absolute Gasteiger partial charge is 0.251 e. The van der Waals surface area contributed by atoms with E-state index in [9.17, 15) is 13.2 Å². The first-order valence-electron chi connectivity index (χ1n) is 9.48. The van der Waals surface area contributed by atoms with Gasteiger partial charge in [-0.1, -0.05) is 12.5 Å². The van der Waals surface area contributed by atoms with Gasteiger partial charge in [-0.3, -0.25) is 4.79 Å². The van der Waals surface area contributed by atoms with E-state index in [1.165, 1.54) is 0 Å². The second kappa shape index (κ2) is 8.06. The number of amides is 1. The van der Waals surface area contributed by atoms with E-state index in [-0.39, 0.29) is 16.8 Å². The normalized spacial score (nSPS) is 20.8. The molecule has 7 heteroatoms. The molecule has 1 N–H and O–H groups in total. The van der Waals surface area contributed by atoms with Gasteiger partial charge in [-0.2, -0.15) is 4.31 Å². The topological polar surface area (TPSA) is 69.7 Å². The second-order valence-electron chi connectivity index (χ2n) is 7.50. The molecule has 0 atom stereocenters. The minimum atomic E-state index is -3.54. The average molecular weight is 380 g/mol. The van der Waals surface area contributed by atoms with Crippen molar-refractivity contribution in [2.75, 3.05) is 33.2 Å². The Morgan fingerprint density at radius 2 is 1.73 bits per heavy atom. The molecule has 0 radical (unpaired) electrons. The number of sulfonamides is 1. The fourth-order valence-corrected chi connectivity index (χ4v) is 5.45. The van der Waals surface area contributed by atoms with Crippen molar-refractivity contribution in [1.29, 1.82) is 0 Å². The van der Waals surface area contributed by atoms with Gasteiger partial charge in [0, 0.05) is 24.7 Å². The number of aryl methyl sites for hydroxylation is 1. The number of hydrogen-bond acceptors (Lipinski definition) is 4. The average Bonchev–Trinajstić information content (AvgIpc) is 2.64. The third kappa shape index (κ3) is 4.27. The molecular weight excluding hydrogens is 350 g/mol. The molecule has 0 bridgehead atoms. The lowest BCUT2D eigenvalue weighted by Gasteiger charge is -2.29. The summed E-state index contributed by atoms with van der Waals surface area (Å²) in [6.07, 6.45) is 4.72. The Hall–Kier alpha value is -1.44. The van der Waals surface area contributed by atoms with Crippen LogP contribution in [0.25, 0.3) is 0 Å². The number of nitrogens with one attached hydrogen (secondary N) is 1. The lowest BCUT2D eigenvalue weighted by molar-refractivity contribution is 0.0916. The van der Waals surface area contributed by atoms with Crippen molar-refractivity contribution in [2.45, 2.75) is 50.0 Å². The van der Waals surface area contributed by atoms with Gasteiger partial charge in [0.2, 0.25) is 10.0 Å². The molecule has 0 aliphatic carbocycles. The number of hydrogen-bond donors (Lipinski definition) is 1. The fraction of sp³-hybridized carbons (Fsp3) is 0.632. The maximum Gasteiger partial charge on any atom is 0.251 e. The SMILES string of the molecule is Cc1ccc(C(=O)NC2CCN(C)CC2)cc1S(=O)(=O)N1CCCCC1. The predicted octanol–water partition coefficient (Wildman–Crippen LogP) is 1.99. The van der Waals surface area contributed by atoms with Crippen LogP contribution in [0.3, 0.4) is 0 Å². The van der Waals surface area contributed by atoms with Gasteiger partial charge in [0.15, 0.2) is 0 Å². The quantitative estimate of drug-likeness (QED) is 0.869. The Balaban J connectivity index is 1.77. The van der Waals surface area contributed by atoms with E-state index in [0.29, 0.717) is 24.2 Å². The van der Waals surface area contributed by atoms with Gasteiger partial charge >= 0.3 is 0 Å². The summed E-state index contributed by atoms with van der Waals surface area (Å²) >= 11 is 0. The van der Waals surface area contributed by atoms with Crippen LogP contribution in [0, 0.1) is 6.92 Å². The van der Waals surface area contributed by atoms with Crippen molar-refractivity contribution in [1.82, 2.24) is 14.5 Å². The van der Waals surface area contributed by atoms with E-state index < -0.39 is 10.0 Å². The van der Waals surface area contributed by atoms with E-state index >= 15 is 0 Å². The molecule has 0 unspecified atom stereocenters. The van der Waals surface area contributed by atoms with Crippen LogP contribution < -0.4 is 5.32 Å². The summed E-state index contributed by atoms with van der Waals surface area (Å²) in [4.78, 5) is 15.1. The number of piperidine rings is 2. The maximum atomic E-state index is 13.0. The van der Waals surface area contributed by atoms with Crippen LogP contribution in [0.1, 0.15) is 48.0 Å². The third-order valence-electron chi connectivity index (χ3n) is 5.44. The van der Waals surface area contributed by atoms with Gasteiger partial charge < -0.3 is 10.2 Å². The number of rotatable bonds is 4. The van der Waals surface area contributed by atoms with Gasteiger partial charge in [0.25, 0.3) is 5.91 Å². The lowest BCUT2D eigenvalue weighted by atomic mass is 10.0. The monoisotopic (exact) mass is 379 g/mol. The van der Waals surface area contributed by atoms with Gasteiger partial charge in [0.1, 0.15) is 0 Å². The first-order chi connectivity index (χ1) is 12.4. The summed E-state index contributed by atoms with van der Waals surface area (Å²) in [5, 5.41) is 3.06. The van der Waals surface area contributed by atoms with E-state index in [0.717, 1.165) is 45.2 Å². The molecule has 0 saturated carbocycles. The molecule has 144 valence electrons. The van der Waals surface area contributed by atoms with Gasteiger partial charge in [-0.15, -0.1) is 0 Å². The molecule has 2 heterocycles. The molecule has 1 aromatic carbocycles. The predicted molar refractivity (Wildman–Crippen MR) is 102 cm³/mol. The van der Waals surface area contributed by atoms with E-state index in [1.54, 1.807) is 29.4 Å². The highest BCUT2D eigenvalue weighted by atomic mass is 32.2. The van der Waals surface area contributed by atoms with Gasteiger partial charge in [-0.25, -0.2) is 8.42 Å². The minimum Gasteiger partial charge on any atom is -0.349 e. The summed E-state index contributed by atoms with van der Waals surface area (Å²) in [5.41, 5.74) is 1.11. The molecule has 2 aliphatic heterocycles. The fourth-order valence-electron chi connectivity index (χ4n) is 3.69. The molecule has 1 aromatic rings. The van der Waals surface area contributed by atoms with Crippen molar-refractivity contribution in [2.24, 2.45) is 0 Å². The van der Waals surface area contributed by atoms with Crippen LogP contribution in [0.2, 0.25) is 0 Å². The second-order valence-corrected chi connectivity index (χ2v) is 9.40. The molecule has 2 saturated heterocycles. The Morgan fingerprint density at radius 3 is 2.38 bits per heavy atom. The van der Waals surface area contributed by atoms with Crippen LogP contribution in [0.4, 0.5) is 0 Å².